The molecule has 1 aliphatic carbocycles. The van der Waals surface area contributed by atoms with Crippen molar-refractivity contribution in [3.05, 3.63) is 23.3 Å². The first kappa shape index (κ1) is 12.0. The van der Waals surface area contributed by atoms with Crippen LogP contribution in [-0.4, -0.2) is 11.4 Å². The van der Waals surface area contributed by atoms with Crippen molar-refractivity contribution in [1.29, 1.82) is 0 Å². The fourth-order valence-electron chi connectivity index (χ4n) is 1.91. The number of allylic oxidation sites excluding steroid dienone is 4. The third-order valence-corrected chi connectivity index (χ3v) is 2.84. The van der Waals surface area contributed by atoms with Crippen molar-refractivity contribution in [3.8, 4) is 0 Å². The summed E-state index contributed by atoms with van der Waals surface area (Å²) in [5.74, 6) is 0.446. The molecule has 1 aliphatic rings. The summed E-state index contributed by atoms with van der Waals surface area (Å²) in [5, 5.41) is 11.5. The van der Waals surface area contributed by atoms with Crippen LogP contribution in [0.1, 0.15) is 46.0 Å². The Balaban J connectivity index is 2.31. The number of oxime groups is 1. The van der Waals surface area contributed by atoms with E-state index in [1.54, 1.807) is 11.8 Å². The second-order valence-corrected chi connectivity index (χ2v) is 4.48. The number of nitrogens with zero attached hydrogens (tertiary/aromatic N) is 1. The Hall–Kier alpha value is -1.05. The van der Waals surface area contributed by atoms with Crippen LogP contribution in [0, 0.1) is 5.92 Å². The maximum absolute atomic E-state index is 8.43. The highest BCUT2D eigenvalue weighted by molar-refractivity contribution is 5.60. The normalized spacial score (nSPS) is 21.5. The number of hydrogen-bond donors (Lipinski definition) is 1. The van der Waals surface area contributed by atoms with Gasteiger partial charge in [0, 0.05) is 12.1 Å². The molecule has 0 saturated heterocycles. The van der Waals surface area contributed by atoms with Crippen LogP contribution in [0.15, 0.2) is 28.5 Å². The number of hydrogen-bond acceptors (Lipinski definition) is 2. The lowest BCUT2D eigenvalue weighted by molar-refractivity contribution is 0.317. The summed E-state index contributed by atoms with van der Waals surface area (Å²) in [4.78, 5) is 0. The summed E-state index contributed by atoms with van der Waals surface area (Å²) < 4.78 is 0. The van der Waals surface area contributed by atoms with Crippen LogP contribution < -0.4 is 0 Å². The fraction of sp³-hybridized carbons (Fsp3) is 0.615. The minimum atomic E-state index is 0.446. The Morgan fingerprint density at radius 3 is 2.93 bits per heavy atom. The third-order valence-electron chi connectivity index (χ3n) is 2.84. The molecule has 0 aromatic heterocycles. The van der Waals surface area contributed by atoms with E-state index < -0.39 is 0 Å². The minimum absolute atomic E-state index is 0.446. The van der Waals surface area contributed by atoms with Crippen molar-refractivity contribution < 1.29 is 5.21 Å². The fourth-order valence-corrected chi connectivity index (χ4v) is 1.91. The maximum Gasteiger partial charge on any atom is 0.0470 e. The molecule has 1 rings (SSSR count). The molecule has 0 aliphatic heterocycles. The summed E-state index contributed by atoms with van der Waals surface area (Å²) in [5.41, 5.74) is 2.96. The molecule has 2 nitrogen and oxygen atoms in total. The lowest BCUT2D eigenvalue weighted by atomic mass is 9.88. The van der Waals surface area contributed by atoms with Crippen molar-refractivity contribution in [2.45, 2.75) is 46.0 Å². The van der Waals surface area contributed by atoms with E-state index in [4.69, 9.17) is 5.21 Å². The van der Waals surface area contributed by atoms with Crippen LogP contribution in [0.25, 0.3) is 0 Å². The van der Waals surface area contributed by atoms with Gasteiger partial charge in [0.25, 0.3) is 0 Å². The molecule has 0 saturated carbocycles. The van der Waals surface area contributed by atoms with Gasteiger partial charge < -0.3 is 5.21 Å². The van der Waals surface area contributed by atoms with E-state index in [2.05, 4.69) is 31.2 Å². The second kappa shape index (κ2) is 6.44. The van der Waals surface area contributed by atoms with Gasteiger partial charge >= 0.3 is 0 Å². The quantitative estimate of drug-likeness (QED) is 0.322. The van der Waals surface area contributed by atoms with Gasteiger partial charge in [-0.1, -0.05) is 23.3 Å². The van der Waals surface area contributed by atoms with E-state index in [1.807, 2.05) is 0 Å². The van der Waals surface area contributed by atoms with Gasteiger partial charge in [-0.2, -0.15) is 0 Å². The number of rotatable bonds is 4. The first-order valence-electron chi connectivity index (χ1n) is 5.71. The van der Waals surface area contributed by atoms with Gasteiger partial charge in [0.05, 0.1) is 0 Å². The molecule has 0 heterocycles. The zero-order chi connectivity index (χ0) is 11.1. The zero-order valence-electron chi connectivity index (χ0n) is 9.74. The van der Waals surface area contributed by atoms with E-state index in [0.717, 1.165) is 25.7 Å². The first-order chi connectivity index (χ1) is 7.22. The van der Waals surface area contributed by atoms with Crippen LogP contribution in [0.3, 0.4) is 0 Å². The molecule has 1 atom stereocenters. The molecule has 0 aromatic carbocycles. The SMILES string of the molecule is CC(C)=CCCC1=CCC(C=NO)CC1. The Morgan fingerprint density at radius 2 is 2.40 bits per heavy atom. The lowest BCUT2D eigenvalue weighted by Crippen LogP contribution is -2.06. The Labute approximate surface area is 92.4 Å². The van der Waals surface area contributed by atoms with Gasteiger partial charge in [-0.05, 0) is 46.0 Å². The van der Waals surface area contributed by atoms with E-state index in [0.29, 0.717) is 5.92 Å². The lowest BCUT2D eigenvalue weighted by Gasteiger charge is -2.17. The molecule has 84 valence electrons. The van der Waals surface area contributed by atoms with Gasteiger partial charge in [-0.3, -0.25) is 0 Å². The standard InChI is InChI=1S/C13H21NO/c1-11(2)4-3-5-12-6-8-13(9-7-12)10-14-15/h4,6,10,13,15H,3,5,7-9H2,1-2H3. The van der Waals surface area contributed by atoms with E-state index in [9.17, 15) is 0 Å². The van der Waals surface area contributed by atoms with E-state index in [-0.39, 0.29) is 0 Å². The van der Waals surface area contributed by atoms with Crippen LogP contribution in [0.5, 0.6) is 0 Å². The van der Waals surface area contributed by atoms with Crippen LogP contribution in [0.4, 0.5) is 0 Å². The third kappa shape index (κ3) is 4.82. The molecular weight excluding hydrogens is 186 g/mol. The topological polar surface area (TPSA) is 32.6 Å². The van der Waals surface area contributed by atoms with Gasteiger partial charge in [0.15, 0.2) is 0 Å². The van der Waals surface area contributed by atoms with Gasteiger partial charge in [-0.25, -0.2) is 0 Å². The highest BCUT2D eigenvalue weighted by Gasteiger charge is 2.11. The van der Waals surface area contributed by atoms with Crippen LogP contribution in [-0.2, 0) is 0 Å². The maximum atomic E-state index is 8.43. The Bertz CT molecular complexity index is 272. The summed E-state index contributed by atoms with van der Waals surface area (Å²) in [6, 6.07) is 0. The van der Waals surface area contributed by atoms with Crippen molar-refractivity contribution in [2.75, 3.05) is 0 Å². The largest absolute Gasteiger partial charge is 0.411 e. The molecule has 2 heteroatoms. The highest BCUT2D eigenvalue weighted by atomic mass is 16.4. The molecule has 0 amide bonds. The summed E-state index contributed by atoms with van der Waals surface area (Å²) >= 11 is 0. The molecule has 0 spiro atoms. The first-order valence-corrected chi connectivity index (χ1v) is 5.71. The predicted octanol–water partition coefficient (Wildman–Crippen LogP) is 3.92. The monoisotopic (exact) mass is 207 g/mol. The van der Waals surface area contributed by atoms with E-state index in [1.165, 1.54) is 12.0 Å². The van der Waals surface area contributed by atoms with Crippen molar-refractivity contribution in [2.24, 2.45) is 11.1 Å². The van der Waals surface area contributed by atoms with Crippen LogP contribution >= 0.6 is 0 Å². The molecule has 0 bridgehead atoms. The van der Waals surface area contributed by atoms with Gasteiger partial charge in [0.2, 0.25) is 0 Å². The highest BCUT2D eigenvalue weighted by Crippen LogP contribution is 2.25. The summed E-state index contributed by atoms with van der Waals surface area (Å²) in [7, 11) is 0. The molecule has 0 fully saturated rings. The summed E-state index contributed by atoms with van der Waals surface area (Å²) in [6.45, 7) is 4.28. The molecule has 1 N–H and O–H groups in total. The van der Waals surface area contributed by atoms with E-state index >= 15 is 0 Å². The molecule has 0 aromatic rings. The van der Waals surface area contributed by atoms with Gasteiger partial charge in [-0.15, -0.1) is 5.16 Å². The summed E-state index contributed by atoms with van der Waals surface area (Å²) in [6.07, 6.45) is 11.9. The Morgan fingerprint density at radius 1 is 1.60 bits per heavy atom. The average molecular weight is 207 g/mol. The minimum Gasteiger partial charge on any atom is -0.411 e. The molecule has 0 radical (unpaired) electrons. The molecule has 15 heavy (non-hydrogen) atoms. The second-order valence-electron chi connectivity index (χ2n) is 4.48. The van der Waals surface area contributed by atoms with Crippen molar-refractivity contribution in [1.82, 2.24) is 0 Å². The van der Waals surface area contributed by atoms with Crippen molar-refractivity contribution >= 4 is 6.21 Å². The smallest absolute Gasteiger partial charge is 0.0470 e. The Kier molecular flexibility index (Phi) is 5.16. The zero-order valence-corrected chi connectivity index (χ0v) is 9.74. The predicted molar refractivity (Wildman–Crippen MR) is 64.4 cm³/mol. The van der Waals surface area contributed by atoms with Crippen LogP contribution in [0.2, 0.25) is 0 Å². The van der Waals surface area contributed by atoms with Gasteiger partial charge in [0.1, 0.15) is 0 Å². The van der Waals surface area contributed by atoms with Crippen molar-refractivity contribution in [3.63, 3.8) is 0 Å². The molecular formula is C13H21NO. The average Bonchev–Trinajstić information content (AvgIpc) is 2.20. The molecule has 1 unspecified atom stereocenters.